The molecule has 1 aromatic rings. The van der Waals surface area contributed by atoms with E-state index >= 15 is 0 Å². The van der Waals surface area contributed by atoms with Gasteiger partial charge in [-0.2, -0.15) is 0 Å². The van der Waals surface area contributed by atoms with Crippen LogP contribution >= 0.6 is 15.9 Å². The van der Waals surface area contributed by atoms with Crippen LogP contribution in [0.25, 0.3) is 0 Å². The van der Waals surface area contributed by atoms with E-state index in [0.29, 0.717) is 12.7 Å². The van der Waals surface area contributed by atoms with Crippen molar-refractivity contribution in [2.24, 2.45) is 0 Å². The van der Waals surface area contributed by atoms with Crippen LogP contribution in [0.5, 0.6) is 5.75 Å². The maximum Gasteiger partial charge on any atom is 0.124 e. The summed E-state index contributed by atoms with van der Waals surface area (Å²) in [6.45, 7) is 8.13. The first-order chi connectivity index (χ1) is 10.1. The predicted molar refractivity (Wildman–Crippen MR) is 89.9 cm³/mol. The van der Waals surface area contributed by atoms with Crippen molar-refractivity contribution in [1.29, 1.82) is 0 Å². The van der Waals surface area contributed by atoms with Crippen LogP contribution in [0.3, 0.4) is 0 Å². The first-order valence-corrected chi connectivity index (χ1v) is 8.70. The predicted octanol–water partition coefficient (Wildman–Crippen LogP) is 4.46. The summed E-state index contributed by atoms with van der Waals surface area (Å²) in [7, 11) is 0. The van der Waals surface area contributed by atoms with Gasteiger partial charge < -0.3 is 14.8 Å². The summed E-state index contributed by atoms with van der Waals surface area (Å²) in [6, 6.07) is 6.49. The van der Waals surface area contributed by atoms with Crippen LogP contribution in [0, 0.1) is 0 Å². The van der Waals surface area contributed by atoms with Gasteiger partial charge in [-0.1, -0.05) is 22.9 Å². The molecule has 0 aromatic heterocycles. The first-order valence-electron chi connectivity index (χ1n) is 7.91. The Morgan fingerprint density at radius 2 is 2.24 bits per heavy atom. The molecule has 1 saturated heterocycles. The Morgan fingerprint density at radius 1 is 1.43 bits per heavy atom. The Balaban J connectivity index is 2.00. The quantitative estimate of drug-likeness (QED) is 0.783. The van der Waals surface area contributed by atoms with Gasteiger partial charge in [0.05, 0.1) is 12.2 Å². The molecule has 0 saturated carbocycles. The average Bonchev–Trinajstić information content (AvgIpc) is 2.89. The fraction of sp³-hybridized carbons (Fsp3) is 0.647. The van der Waals surface area contributed by atoms with E-state index in [9.17, 15) is 0 Å². The highest BCUT2D eigenvalue weighted by molar-refractivity contribution is 9.10. The van der Waals surface area contributed by atoms with Gasteiger partial charge in [0.1, 0.15) is 12.4 Å². The largest absolute Gasteiger partial charge is 0.491 e. The van der Waals surface area contributed by atoms with Crippen LogP contribution in [0.4, 0.5) is 0 Å². The molecule has 3 unspecified atom stereocenters. The van der Waals surface area contributed by atoms with E-state index < -0.39 is 0 Å². The molecule has 21 heavy (non-hydrogen) atoms. The molecule has 1 fully saturated rings. The van der Waals surface area contributed by atoms with Crippen molar-refractivity contribution in [2.45, 2.75) is 58.3 Å². The summed E-state index contributed by atoms with van der Waals surface area (Å²) in [4.78, 5) is 0. The Morgan fingerprint density at radius 3 is 2.90 bits per heavy atom. The fourth-order valence-electron chi connectivity index (χ4n) is 2.65. The van der Waals surface area contributed by atoms with Crippen molar-refractivity contribution in [3.8, 4) is 5.75 Å². The molecular formula is C17H26BrNO2. The van der Waals surface area contributed by atoms with Gasteiger partial charge in [-0.05, 0) is 57.9 Å². The van der Waals surface area contributed by atoms with Gasteiger partial charge in [0.15, 0.2) is 0 Å². The summed E-state index contributed by atoms with van der Waals surface area (Å²) < 4.78 is 12.9. The zero-order chi connectivity index (χ0) is 15.2. The van der Waals surface area contributed by atoms with Gasteiger partial charge >= 0.3 is 0 Å². The van der Waals surface area contributed by atoms with E-state index in [2.05, 4.69) is 48.1 Å². The van der Waals surface area contributed by atoms with E-state index in [0.717, 1.165) is 36.0 Å². The molecule has 0 amide bonds. The Labute approximate surface area is 136 Å². The summed E-state index contributed by atoms with van der Waals surface area (Å²) in [6.07, 6.45) is 3.96. The highest BCUT2D eigenvalue weighted by atomic mass is 79.9. The average molecular weight is 356 g/mol. The molecule has 0 bridgehead atoms. The highest BCUT2D eigenvalue weighted by Crippen LogP contribution is 2.29. The first kappa shape index (κ1) is 16.8. The standard InChI is InChI=1S/C17H26BrNO2/c1-4-9-19-13(3)16-10-14(18)6-8-17(16)20-11-15-7-5-12(2)21-15/h6,8,10,12-13,15,19H,4-5,7,9,11H2,1-3H3. The number of ether oxygens (including phenoxy) is 2. The van der Waals surface area contributed by atoms with Crippen LogP contribution in [0.2, 0.25) is 0 Å². The lowest BCUT2D eigenvalue weighted by atomic mass is 10.1. The second-order valence-corrected chi connectivity index (χ2v) is 6.73. The van der Waals surface area contributed by atoms with Crippen LogP contribution < -0.4 is 10.1 Å². The number of halogens is 1. The molecular weight excluding hydrogens is 330 g/mol. The molecule has 4 heteroatoms. The van der Waals surface area contributed by atoms with Crippen LogP contribution in [0.15, 0.2) is 22.7 Å². The van der Waals surface area contributed by atoms with Crippen molar-refractivity contribution >= 4 is 15.9 Å². The smallest absolute Gasteiger partial charge is 0.124 e. The van der Waals surface area contributed by atoms with Crippen molar-refractivity contribution in [1.82, 2.24) is 5.32 Å². The van der Waals surface area contributed by atoms with Crippen LogP contribution in [-0.4, -0.2) is 25.4 Å². The Kier molecular flexibility index (Phi) is 6.52. The SMILES string of the molecule is CCCNC(C)c1cc(Br)ccc1OCC1CCC(C)O1. The zero-order valence-corrected chi connectivity index (χ0v) is 14.8. The summed E-state index contributed by atoms with van der Waals surface area (Å²) >= 11 is 3.55. The van der Waals surface area contributed by atoms with Crippen molar-refractivity contribution in [3.05, 3.63) is 28.2 Å². The highest BCUT2D eigenvalue weighted by Gasteiger charge is 2.23. The normalized spacial score (nSPS) is 23.2. The molecule has 118 valence electrons. The van der Waals surface area contributed by atoms with Crippen LogP contribution in [-0.2, 0) is 4.74 Å². The van der Waals surface area contributed by atoms with E-state index in [1.807, 2.05) is 12.1 Å². The lowest BCUT2D eigenvalue weighted by Crippen LogP contribution is -2.22. The minimum atomic E-state index is 0.232. The van der Waals surface area contributed by atoms with Gasteiger partial charge in [0, 0.05) is 16.1 Å². The summed E-state index contributed by atoms with van der Waals surface area (Å²) in [5.74, 6) is 0.956. The fourth-order valence-corrected chi connectivity index (χ4v) is 3.03. The molecule has 1 heterocycles. The van der Waals surface area contributed by atoms with Gasteiger partial charge in [-0.25, -0.2) is 0 Å². The third kappa shape index (κ3) is 4.97. The van der Waals surface area contributed by atoms with E-state index in [4.69, 9.17) is 9.47 Å². The third-order valence-corrected chi connectivity index (χ3v) is 4.38. The molecule has 0 radical (unpaired) electrons. The summed E-state index contributed by atoms with van der Waals surface area (Å²) in [5.41, 5.74) is 1.20. The zero-order valence-electron chi connectivity index (χ0n) is 13.2. The molecule has 1 aliphatic heterocycles. The van der Waals surface area contributed by atoms with Gasteiger partial charge in [0.2, 0.25) is 0 Å². The van der Waals surface area contributed by atoms with Gasteiger partial charge in [-0.15, -0.1) is 0 Å². The second kappa shape index (κ2) is 8.16. The topological polar surface area (TPSA) is 30.5 Å². The van der Waals surface area contributed by atoms with Crippen molar-refractivity contribution in [3.63, 3.8) is 0 Å². The molecule has 1 aliphatic rings. The molecule has 3 nitrogen and oxygen atoms in total. The Bertz CT molecular complexity index is 452. The number of benzene rings is 1. The van der Waals surface area contributed by atoms with Crippen molar-refractivity contribution in [2.75, 3.05) is 13.2 Å². The second-order valence-electron chi connectivity index (χ2n) is 5.82. The maximum absolute atomic E-state index is 6.04. The van der Waals surface area contributed by atoms with E-state index in [1.165, 1.54) is 5.56 Å². The lowest BCUT2D eigenvalue weighted by Gasteiger charge is -2.20. The Hall–Kier alpha value is -0.580. The maximum atomic E-state index is 6.04. The molecule has 3 atom stereocenters. The van der Waals surface area contributed by atoms with Gasteiger partial charge in [-0.3, -0.25) is 0 Å². The monoisotopic (exact) mass is 355 g/mol. The molecule has 1 aromatic carbocycles. The van der Waals surface area contributed by atoms with Crippen molar-refractivity contribution < 1.29 is 9.47 Å². The minimum Gasteiger partial charge on any atom is -0.491 e. The lowest BCUT2D eigenvalue weighted by molar-refractivity contribution is 0.0261. The minimum absolute atomic E-state index is 0.232. The molecule has 0 spiro atoms. The number of hydrogen-bond acceptors (Lipinski definition) is 3. The molecule has 1 N–H and O–H groups in total. The van der Waals surface area contributed by atoms with E-state index in [1.54, 1.807) is 0 Å². The van der Waals surface area contributed by atoms with Crippen LogP contribution in [0.1, 0.15) is 51.6 Å². The summed E-state index contributed by atoms with van der Waals surface area (Å²) in [5, 5.41) is 3.52. The third-order valence-electron chi connectivity index (χ3n) is 3.88. The van der Waals surface area contributed by atoms with Gasteiger partial charge in [0.25, 0.3) is 0 Å². The molecule has 0 aliphatic carbocycles. The molecule has 2 rings (SSSR count). The number of rotatable bonds is 7. The number of nitrogens with one attached hydrogen (secondary N) is 1. The number of hydrogen-bond donors (Lipinski definition) is 1. The van der Waals surface area contributed by atoms with E-state index in [-0.39, 0.29) is 12.1 Å².